The number of hydrogen-bond donors (Lipinski definition) is 0. The minimum atomic E-state index is -0.451. The zero-order chi connectivity index (χ0) is 21.9. The fraction of sp³-hybridized carbons (Fsp3) is 0.667. The Morgan fingerprint density at radius 2 is 0.964 bits per heavy atom. The van der Waals surface area contributed by atoms with Crippen molar-refractivity contribution in [2.45, 2.75) is 94.2 Å². The summed E-state index contributed by atoms with van der Waals surface area (Å²) in [5, 5.41) is 0. The molecule has 0 spiro atoms. The monoisotopic (exact) mass is 388 g/mol. The Morgan fingerprint density at radius 3 is 1.14 bits per heavy atom. The molecule has 4 nitrogen and oxygen atoms in total. The van der Waals surface area contributed by atoms with Gasteiger partial charge in [0.15, 0.2) is 0 Å². The first-order chi connectivity index (χ1) is 12.8. The highest BCUT2D eigenvalue weighted by atomic mass is 16.2. The highest BCUT2D eigenvalue weighted by Crippen LogP contribution is 2.31. The van der Waals surface area contributed by atoms with E-state index in [9.17, 15) is 9.59 Å². The number of amides is 2. The molecular formula is C24H40N2O2. The van der Waals surface area contributed by atoms with E-state index in [0.29, 0.717) is 0 Å². The summed E-state index contributed by atoms with van der Waals surface area (Å²) in [6.45, 7) is 20.0. The number of anilines is 2. The molecule has 4 heteroatoms. The van der Waals surface area contributed by atoms with Crippen molar-refractivity contribution < 1.29 is 9.59 Å². The maximum absolute atomic E-state index is 13.0. The van der Waals surface area contributed by atoms with Gasteiger partial charge in [0.25, 0.3) is 0 Å². The maximum atomic E-state index is 13.0. The topological polar surface area (TPSA) is 40.6 Å². The Kier molecular flexibility index (Phi) is 7.87. The van der Waals surface area contributed by atoms with Crippen LogP contribution in [0.5, 0.6) is 0 Å². The van der Waals surface area contributed by atoms with Crippen molar-refractivity contribution >= 4 is 23.2 Å². The second-order valence-corrected chi connectivity index (χ2v) is 9.88. The van der Waals surface area contributed by atoms with Crippen LogP contribution in [0, 0.1) is 10.8 Å². The van der Waals surface area contributed by atoms with Crippen molar-refractivity contribution in [2.24, 2.45) is 10.8 Å². The van der Waals surface area contributed by atoms with Crippen LogP contribution in [-0.2, 0) is 9.59 Å². The molecule has 158 valence electrons. The summed E-state index contributed by atoms with van der Waals surface area (Å²) in [6, 6.07) is 8.10. The Balaban J connectivity index is 3.35. The van der Waals surface area contributed by atoms with Gasteiger partial charge >= 0.3 is 0 Å². The maximum Gasteiger partial charge on any atom is 0.232 e. The van der Waals surface area contributed by atoms with Crippen LogP contribution in [0.1, 0.15) is 82.1 Å². The molecule has 0 aliphatic heterocycles. The van der Waals surface area contributed by atoms with Crippen LogP contribution in [0.2, 0.25) is 0 Å². The smallest absolute Gasteiger partial charge is 0.232 e. The molecule has 0 bridgehead atoms. The normalized spacial score (nSPS) is 14.4. The first kappa shape index (κ1) is 24.2. The number of carbonyl (C=O) groups is 2. The van der Waals surface area contributed by atoms with Crippen molar-refractivity contribution in [2.75, 3.05) is 9.80 Å². The van der Waals surface area contributed by atoms with Crippen molar-refractivity contribution in [1.82, 2.24) is 0 Å². The molecule has 1 aromatic rings. The minimum Gasteiger partial charge on any atom is -0.309 e. The number of hydrogen-bond acceptors (Lipinski definition) is 2. The fourth-order valence-corrected chi connectivity index (χ4v) is 3.01. The van der Waals surface area contributed by atoms with Crippen LogP contribution in [-0.4, -0.2) is 23.9 Å². The third-order valence-corrected chi connectivity index (χ3v) is 5.19. The SMILES string of the molecule is CC[C@@H](C)N(C(=O)C(C)(C)C)c1ccc(N(C(=O)C(C)(C)C)[C@@H](C)CC)cc1. The van der Waals surface area contributed by atoms with E-state index in [1.165, 1.54) is 0 Å². The van der Waals surface area contributed by atoms with E-state index in [2.05, 4.69) is 27.7 Å². The van der Waals surface area contributed by atoms with E-state index in [-0.39, 0.29) is 23.9 Å². The summed E-state index contributed by atoms with van der Waals surface area (Å²) >= 11 is 0. The van der Waals surface area contributed by atoms with Crippen molar-refractivity contribution in [3.05, 3.63) is 24.3 Å². The van der Waals surface area contributed by atoms with Crippen LogP contribution in [0.25, 0.3) is 0 Å². The van der Waals surface area contributed by atoms with Crippen molar-refractivity contribution in [3.63, 3.8) is 0 Å². The largest absolute Gasteiger partial charge is 0.309 e. The van der Waals surface area contributed by atoms with Gasteiger partial charge in [0, 0.05) is 34.3 Å². The second-order valence-electron chi connectivity index (χ2n) is 9.88. The van der Waals surface area contributed by atoms with E-state index < -0.39 is 10.8 Å². The molecule has 0 aliphatic rings. The summed E-state index contributed by atoms with van der Waals surface area (Å²) in [7, 11) is 0. The standard InChI is InChI=1S/C24H40N2O2/c1-11-17(3)25(21(27)23(5,6)7)19-13-15-20(16-14-19)26(18(4)12-2)22(28)24(8,9)10/h13-18H,11-12H2,1-10H3/t17-,18+. The van der Waals surface area contributed by atoms with Gasteiger partial charge in [-0.25, -0.2) is 0 Å². The fourth-order valence-electron chi connectivity index (χ4n) is 3.01. The summed E-state index contributed by atoms with van der Waals surface area (Å²) < 4.78 is 0. The molecule has 2 amide bonds. The quantitative estimate of drug-likeness (QED) is 0.596. The van der Waals surface area contributed by atoms with Crippen LogP contribution in [0.4, 0.5) is 11.4 Å². The van der Waals surface area contributed by atoms with Crippen LogP contribution in [0.15, 0.2) is 24.3 Å². The lowest BCUT2D eigenvalue weighted by Gasteiger charge is -2.36. The van der Waals surface area contributed by atoms with Crippen LogP contribution >= 0.6 is 0 Å². The third kappa shape index (κ3) is 5.59. The average molecular weight is 389 g/mol. The van der Waals surface area contributed by atoms with Gasteiger partial charge in [-0.15, -0.1) is 0 Å². The van der Waals surface area contributed by atoms with Crippen LogP contribution in [0.3, 0.4) is 0 Å². The lowest BCUT2D eigenvalue weighted by atomic mass is 9.92. The Bertz CT molecular complexity index is 606. The van der Waals surface area contributed by atoms with Gasteiger partial charge in [-0.3, -0.25) is 9.59 Å². The average Bonchev–Trinajstić information content (AvgIpc) is 2.61. The van der Waals surface area contributed by atoms with E-state index in [4.69, 9.17) is 0 Å². The van der Waals surface area contributed by atoms with Gasteiger partial charge in [-0.05, 0) is 51.0 Å². The molecule has 0 unspecified atom stereocenters. The van der Waals surface area contributed by atoms with E-state index in [1.54, 1.807) is 0 Å². The molecule has 1 rings (SSSR count). The van der Waals surface area contributed by atoms with Gasteiger partial charge < -0.3 is 9.80 Å². The molecule has 2 atom stereocenters. The number of rotatable bonds is 6. The number of carbonyl (C=O) groups excluding carboxylic acids is 2. The molecule has 28 heavy (non-hydrogen) atoms. The predicted octanol–water partition coefficient (Wildman–Crippen LogP) is 6.04. The van der Waals surface area contributed by atoms with E-state index in [1.807, 2.05) is 75.6 Å². The van der Waals surface area contributed by atoms with Gasteiger partial charge in [0.2, 0.25) is 11.8 Å². The van der Waals surface area contributed by atoms with Gasteiger partial charge in [0.1, 0.15) is 0 Å². The van der Waals surface area contributed by atoms with Gasteiger partial charge in [-0.2, -0.15) is 0 Å². The molecule has 0 saturated heterocycles. The van der Waals surface area contributed by atoms with E-state index >= 15 is 0 Å². The molecule has 0 fully saturated rings. The predicted molar refractivity (Wildman–Crippen MR) is 120 cm³/mol. The summed E-state index contributed by atoms with van der Waals surface area (Å²) in [6.07, 6.45) is 1.76. The van der Waals surface area contributed by atoms with Gasteiger partial charge in [-0.1, -0.05) is 55.4 Å². The zero-order valence-corrected chi connectivity index (χ0v) is 19.6. The molecule has 0 N–H and O–H groups in total. The number of nitrogens with zero attached hydrogens (tertiary/aromatic N) is 2. The lowest BCUT2D eigenvalue weighted by molar-refractivity contribution is -0.127. The van der Waals surface area contributed by atoms with Crippen LogP contribution < -0.4 is 9.80 Å². The molecule has 0 heterocycles. The molecule has 0 saturated carbocycles. The lowest BCUT2D eigenvalue weighted by Crippen LogP contribution is -2.45. The number of benzene rings is 1. The Morgan fingerprint density at radius 1 is 0.714 bits per heavy atom. The highest BCUT2D eigenvalue weighted by Gasteiger charge is 2.33. The summed E-state index contributed by atoms with van der Waals surface area (Å²) in [5.41, 5.74) is 0.857. The zero-order valence-electron chi connectivity index (χ0n) is 19.6. The van der Waals surface area contributed by atoms with E-state index in [0.717, 1.165) is 24.2 Å². The first-order valence-corrected chi connectivity index (χ1v) is 10.5. The van der Waals surface area contributed by atoms with Crippen molar-refractivity contribution in [3.8, 4) is 0 Å². The first-order valence-electron chi connectivity index (χ1n) is 10.5. The summed E-state index contributed by atoms with van der Waals surface area (Å²) in [4.78, 5) is 29.9. The molecule has 0 aromatic heterocycles. The Labute approximate surface area is 172 Å². The van der Waals surface area contributed by atoms with Crippen molar-refractivity contribution in [1.29, 1.82) is 0 Å². The summed E-state index contributed by atoms with van der Waals surface area (Å²) in [5.74, 6) is 0.221. The molecule has 0 aliphatic carbocycles. The molecular weight excluding hydrogens is 348 g/mol. The second kappa shape index (κ2) is 9.11. The Hall–Kier alpha value is -1.84. The highest BCUT2D eigenvalue weighted by molar-refractivity contribution is 5.99. The van der Waals surface area contributed by atoms with Gasteiger partial charge in [0.05, 0.1) is 0 Å². The molecule has 1 aromatic carbocycles. The molecule has 0 radical (unpaired) electrons. The minimum absolute atomic E-state index is 0.110. The third-order valence-electron chi connectivity index (χ3n) is 5.19.